The molecule has 0 saturated carbocycles. The number of carbonyl (C=O) groups excluding carboxylic acids is 3. The normalized spacial score (nSPS) is 18.9. The SMILES string of the molecule is Cc1c(C=C2C(=O)Nc3cc(NC(=O)CO)c(F)cc32)[nH]c2c1C(=O)N(CCN1CCCCC1)CC2. The van der Waals surface area contributed by atoms with Crippen molar-refractivity contribution in [3.63, 3.8) is 0 Å². The highest BCUT2D eigenvalue weighted by molar-refractivity contribution is 6.35. The van der Waals surface area contributed by atoms with Gasteiger partial charge in [0, 0.05) is 43.0 Å². The fraction of sp³-hybridized carbons (Fsp3) is 0.423. The molecule has 5 rings (SSSR count). The van der Waals surface area contributed by atoms with E-state index in [2.05, 4.69) is 20.5 Å². The Morgan fingerprint density at radius 2 is 1.94 bits per heavy atom. The van der Waals surface area contributed by atoms with Gasteiger partial charge in [-0.3, -0.25) is 14.4 Å². The van der Waals surface area contributed by atoms with Crippen LogP contribution in [0.5, 0.6) is 0 Å². The molecule has 1 saturated heterocycles. The molecule has 0 aliphatic carbocycles. The third-order valence-electron chi connectivity index (χ3n) is 7.23. The predicted octanol–water partition coefficient (Wildman–Crippen LogP) is 2.37. The number of nitrogens with zero attached hydrogens (tertiary/aromatic N) is 2. The molecule has 0 bridgehead atoms. The van der Waals surface area contributed by atoms with Gasteiger partial charge >= 0.3 is 0 Å². The molecule has 0 radical (unpaired) electrons. The summed E-state index contributed by atoms with van der Waals surface area (Å²) < 4.78 is 14.6. The second kappa shape index (κ2) is 9.87. The van der Waals surface area contributed by atoms with Gasteiger partial charge in [0.05, 0.1) is 22.5 Å². The van der Waals surface area contributed by atoms with Gasteiger partial charge in [-0.25, -0.2) is 4.39 Å². The number of carbonyl (C=O) groups is 3. The van der Waals surface area contributed by atoms with Crippen LogP contribution in [-0.2, 0) is 16.0 Å². The summed E-state index contributed by atoms with van der Waals surface area (Å²) in [4.78, 5) is 45.1. The first-order chi connectivity index (χ1) is 17.4. The molecule has 4 heterocycles. The van der Waals surface area contributed by atoms with Gasteiger partial charge < -0.3 is 30.5 Å². The molecule has 1 aromatic heterocycles. The number of H-pyrrole nitrogens is 1. The largest absolute Gasteiger partial charge is 0.387 e. The van der Waals surface area contributed by atoms with Gasteiger partial charge in [-0.05, 0) is 56.6 Å². The van der Waals surface area contributed by atoms with Gasteiger partial charge in [0.1, 0.15) is 12.4 Å². The molecular formula is C26H30FN5O4. The molecule has 3 aliphatic heterocycles. The maximum atomic E-state index is 14.6. The molecule has 0 spiro atoms. The maximum absolute atomic E-state index is 14.6. The van der Waals surface area contributed by atoms with Crippen molar-refractivity contribution >= 4 is 40.7 Å². The number of benzene rings is 1. The van der Waals surface area contributed by atoms with Gasteiger partial charge in [-0.15, -0.1) is 0 Å². The number of hydrogen-bond donors (Lipinski definition) is 4. The van der Waals surface area contributed by atoms with Gasteiger partial charge in [-0.1, -0.05) is 6.42 Å². The molecule has 9 nitrogen and oxygen atoms in total. The quantitative estimate of drug-likeness (QED) is 0.459. The van der Waals surface area contributed by atoms with Crippen LogP contribution in [0.1, 0.15) is 52.1 Å². The number of aliphatic hydroxyl groups excluding tert-OH is 1. The second-order valence-corrected chi connectivity index (χ2v) is 9.56. The van der Waals surface area contributed by atoms with Crippen LogP contribution < -0.4 is 10.6 Å². The van der Waals surface area contributed by atoms with Crippen LogP contribution in [0, 0.1) is 12.7 Å². The minimum Gasteiger partial charge on any atom is -0.387 e. The number of fused-ring (bicyclic) bond motifs is 2. The zero-order chi connectivity index (χ0) is 25.4. The number of piperidine rings is 1. The van der Waals surface area contributed by atoms with Crippen LogP contribution in [-0.4, -0.2) is 76.9 Å². The monoisotopic (exact) mass is 495 g/mol. The van der Waals surface area contributed by atoms with E-state index in [4.69, 9.17) is 5.11 Å². The number of likely N-dealkylation sites (tertiary alicyclic amines) is 1. The van der Waals surface area contributed by atoms with E-state index in [1.807, 2.05) is 11.8 Å². The minimum absolute atomic E-state index is 0.00163. The molecule has 0 atom stereocenters. The first-order valence-corrected chi connectivity index (χ1v) is 12.4. The van der Waals surface area contributed by atoms with Crippen molar-refractivity contribution in [2.24, 2.45) is 0 Å². The number of hydrogen-bond acceptors (Lipinski definition) is 5. The Kier molecular flexibility index (Phi) is 6.63. The Hall–Kier alpha value is -3.50. The Labute approximate surface area is 208 Å². The number of aromatic amines is 1. The topological polar surface area (TPSA) is 118 Å². The van der Waals surface area contributed by atoms with Crippen molar-refractivity contribution in [2.75, 3.05) is 50.0 Å². The molecule has 36 heavy (non-hydrogen) atoms. The molecule has 1 fully saturated rings. The number of anilines is 2. The lowest BCUT2D eigenvalue weighted by molar-refractivity contribution is -0.118. The highest BCUT2D eigenvalue weighted by Crippen LogP contribution is 2.37. The van der Waals surface area contributed by atoms with Crippen molar-refractivity contribution in [3.8, 4) is 0 Å². The van der Waals surface area contributed by atoms with E-state index >= 15 is 0 Å². The molecule has 1 aromatic carbocycles. The molecule has 2 aromatic rings. The van der Waals surface area contributed by atoms with Gasteiger partial charge in [0.15, 0.2) is 0 Å². The van der Waals surface area contributed by atoms with Crippen LogP contribution in [0.15, 0.2) is 12.1 Å². The third kappa shape index (κ3) is 4.54. The average Bonchev–Trinajstić information content (AvgIpc) is 3.35. The van der Waals surface area contributed by atoms with Crippen molar-refractivity contribution in [1.29, 1.82) is 0 Å². The highest BCUT2D eigenvalue weighted by atomic mass is 19.1. The predicted molar refractivity (Wildman–Crippen MR) is 134 cm³/mol. The van der Waals surface area contributed by atoms with Crippen molar-refractivity contribution in [3.05, 3.63) is 46.0 Å². The van der Waals surface area contributed by atoms with Crippen molar-refractivity contribution in [1.82, 2.24) is 14.8 Å². The van der Waals surface area contributed by atoms with Crippen molar-refractivity contribution in [2.45, 2.75) is 32.6 Å². The number of aromatic nitrogens is 1. The van der Waals surface area contributed by atoms with E-state index in [-0.39, 0.29) is 17.2 Å². The number of halogens is 1. The lowest BCUT2D eigenvalue weighted by atomic mass is 10.0. The summed E-state index contributed by atoms with van der Waals surface area (Å²) in [5, 5.41) is 13.9. The fourth-order valence-corrected chi connectivity index (χ4v) is 5.25. The van der Waals surface area contributed by atoms with Crippen LogP contribution in [0.4, 0.5) is 15.8 Å². The van der Waals surface area contributed by atoms with E-state index in [0.717, 1.165) is 30.9 Å². The smallest absolute Gasteiger partial charge is 0.256 e. The molecule has 4 N–H and O–H groups in total. The molecule has 190 valence electrons. The zero-order valence-electron chi connectivity index (χ0n) is 20.2. The number of rotatable bonds is 6. The van der Waals surface area contributed by atoms with E-state index in [1.165, 1.54) is 31.4 Å². The number of amides is 3. The average molecular weight is 496 g/mol. The summed E-state index contributed by atoms with van der Waals surface area (Å²) in [6, 6.07) is 2.50. The van der Waals surface area contributed by atoms with E-state index in [1.54, 1.807) is 6.08 Å². The lowest BCUT2D eigenvalue weighted by Crippen LogP contribution is -2.43. The van der Waals surface area contributed by atoms with Crippen LogP contribution in [0.25, 0.3) is 11.6 Å². The van der Waals surface area contributed by atoms with E-state index in [9.17, 15) is 18.8 Å². The van der Waals surface area contributed by atoms with Gasteiger partial charge in [0.2, 0.25) is 5.91 Å². The van der Waals surface area contributed by atoms with Gasteiger partial charge in [-0.2, -0.15) is 0 Å². The van der Waals surface area contributed by atoms with Crippen molar-refractivity contribution < 1.29 is 23.9 Å². The van der Waals surface area contributed by atoms with E-state index in [0.29, 0.717) is 42.0 Å². The summed E-state index contributed by atoms with van der Waals surface area (Å²) in [7, 11) is 0. The summed E-state index contributed by atoms with van der Waals surface area (Å²) in [6.07, 6.45) is 6.06. The standard InChI is InChI=1S/C26H30FN5O4/c1-15-20(12-17-16-11-18(27)22(29-23(34)14-33)13-21(16)30-25(17)35)28-19-5-8-32(26(36)24(15)19)10-9-31-6-3-2-4-7-31/h11-13,28,33H,2-10,14H2,1H3,(H,29,34)(H,30,35). The molecular weight excluding hydrogens is 465 g/mol. The lowest BCUT2D eigenvalue weighted by Gasteiger charge is -2.32. The Balaban J connectivity index is 1.38. The first-order valence-electron chi connectivity index (χ1n) is 12.4. The summed E-state index contributed by atoms with van der Waals surface area (Å²) in [6.45, 7) is 5.48. The second-order valence-electron chi connectivity index (χ2n) is 9.56. The summed E-state index contributed by atoms with van der Waals surface area (Å²) in [5.41, 5.74) is 3.76. The van der Waals surface area contributed by atoms with Crippen LogP contribution in [0.3, 0.4) is 0 Å². The van der Waals surface area contributed by atoms with E-state index < -0.39 is 24.2 Å². The maximum Gasteiger partial charge on any atom is 0.256 e. The Bertz CT molecular complexity index is 1260. The molecule has 3 aliphatic rings. The van der Waals surface area contributed by atoms with Crippen LogP contribution in [0.2, 0.25) is 0 Å². The molecule has 3 amide bonds. The highest BCUT2D eigenvalue weighted by Gasteiger charge is 2.31. The summed E-state index contributed by atoms with van der Waals surface area (Å²) >= 11 is 0. The van der Waals surface area contributed by atoms with Crippen LogP contribution >= 0.6 is 0 Å². The summed E-state index contributed by atoms with van der Waals surface area (Å²) in [5.74, 6) is -1.88. The first kappa shape index (κ1) is 24.2. The third-order valence-corrected chi connectivity index (χ3v) is 7.23. The minimum atomic E-state index is -0.779. The fourth-order valence-electron chi connectivity index (χ4n) is 5.25. The Morgan fingerprint density at radius 3 is 2.69 bits per heavy atom. The number of nitrogens with one attached hydrogen (secondary N) is 3. The zero-order valence-corrected chi connectivity index (χ0v) is 20.2. The Morgan fingerprint density at radius 1 is 1.17 bits per heavy atom. The molecule has 10 heteroatoms. The van der Waals surface area contributed by atoms with Gasteiger partial charge in [0.25, 0.3) is 11.8 Å². The molecule has 0 unspecified atom stereocenters. The number of aliphatic hydroxyl groups is 1.